The molecule has 202 valence electrons. The summed E-state index contributed by atoms with van der Waals surface area (Å²) < 4.78 is 13.4. The van der Waals surface area contributed by atoms with E-state index in [1.54, 1.807) is 22.8 Å². The van der Waals surface area contributed by atoms with Crippen LogP contribution in [0.1, 0.15) is 28.8 Å². The lowest BCUT2D eigenvalue weighted by molar-refractivity contribution is 0.0398. The molecule has 0 radical (unpaired) electrons. The number of hydrogen-bond acceptors (Lipinski definition) is 7. The van der Waals surface area contributed by atoms with Gasteiger partial charge in [-0.2, -0.15) is 14.6 Å². The molecule has 1 aliphatic heterocycles. The lowest BCUT2D eigenvalue weighted by atomic mass is 10.0. The second-order valence-corrected chi connectivity index (χ2v) is 10.4. The van der Waals surface area contributed by atoms with Gasteiger partial charge in [0.25, 0.3) is 5.91 Å². The van der Waals surface area contributed by atoms with Crippen molar-refractivity contribution in [1.29, 1.82) is 0 Å². The Morgan fingerprint density at radius 3 is 2.77 bits per heavy atom. The van der Waals surface area contributed by atoms with E-state index in [0.717, 1.165) is 74.7 Å². The number of nitrogens with one attached hydrogen (secondary N) is 2. The van der Waals surface area contributed by atoms with Gasteiger partial charge in [-0.15, -0.1) is 0 Å². The van der Waals surface area contributed by atoms with E-state index in [1.165, 1.54) is 0 Å². The highest BCUT2D eigenvalue weighted by molar-refractivity contribution is 6.30. The van der Waals surface area contributed by atoms with Crippen molar-refractivity contribution in [1.82, 2.24) is 24.8 Å². The topological polar surface area (TPSA) is 93.0 Å². The largest absolute Gasteiger partial charge is 0.439 e. The number of rotatable bonds is 9. The first-order chi connectivity index (χ1) is 19.0. The minimum Gasteiger partial charge on any atom is -0.439 e. The van der Waals surface area contributed by atoms with Crippen LogP contribution in [0.15, 0.2) is 54.7 Å². The van der Waals surface area contributed by atoms with Crippen molar-refractivity contribution in [2.24, 2.45) is 0 Å². The van der Waals surface area contributed by atoms with Crippen LogP contribution in [-0.4, -0.2) is 70.8 Å². The molecule has 4 aromatic rings. The molecule has 39 heavy (non-hydrogen) atoms. The molecule has 0 bridgehead atoms. The summed E-state index contributed by atoms with van der Waals surface area (Å²) >= 11 is 6.18. The fraction of sp³-hybridized carbons (Fsp3) is 0.345. The molecule has 10 heteroatoms. The summed E-state index contributed by atoms with van der Waals surface area (Å²) in [5.74, 6) is 1.77. The van der Waals surface area contributed by atoms with Gasteiger partial charge in [0, 0.05) is 54.4 Å². The average molecular weight is 547 g/mol. The SMILES string of the molecule is Cc1cc(-c2cnn3c(NCCN4CCOCC4)cc(Oc4cccc(Cl)c4)nc23)ccc1C(=O)NC1CC1. The highest BCUT2D eigenvalue weighted by atomic mass is 35.5. The molecule has 2 aliphatic rings. The van der Waals surface area contributed by atoms with Crippen LogP contribution in [0.25, 0.3) is 16.8 Å². The summed E-state index contributed by atoms with van der Waals surface area (Å²) in [6.07, 6.45) is 3.91. The summed E-state index contributed by atoms with van der Waals surface area (Å²) in [5.41, 5.74) is 4.01. The van der Waals surface area contributed by atoms with Gasteiger partial charge in [-0.3, -0.25) is 9.69 Å². The van der Waals surface area contributed by atoms with Gasteiger partial charge in [-0.25, -0.2) is 0 Å². The number of benzene rings is 2. The zero-order chi connectivity index (χ0) is 26.8. The molecule has 0 atom stereocenters. The van der Waals surface area contributed by atoms with Crippen LogP contribution in [0.4, 0.5) is 5.82 Å². The molecule has 3 heterocycles. The minimum absolute atomic E-state index is 0.0245. The number of carbonyl (C=O) groups is 1. The molecule has 9 nitrogen and oxygen atoms in total. The first-order valence-corrected chi connectivity index (χ1v) is 13.7. The molecule has 0 unspecified atom stereocenters. The van der Waals surface area contributed by atoms with E-state index < -0.39 is 0 Å². The highest BCUT2D eigenvalue weighted by Crippen LogP contribution is 2.31. The van der Waals surface area contributed by atoms with Gasteiger partial charge in [0.05, 0.1) is 19.4 Å². The molecule has 0 spiro atoms. The zero-order valence-electron chi connectivity index (χ0n) is 21.8. The van der Waals surface area contributed by atoms with E-state index in [-0.39, 0.29) is 5.91 Å². The number of halogens is 1. The Balaban J connectivity index is 1.31. The van der Waals surface area contributed by atoms with Crippen LogP contribution in [0.5, 0.6) is 11.6 Å². The van der Waals surface area contributed by atoms with Crippen LogP contribution in [-0.2, 0) is 4.74 Å². The van der Waals surface area contributed by atoms with Crippen LogP contribution in [0.2, 0.25) is 5.02 Å². The molecule has 1 aliphatic carbocycles. The number of ether oxygens (including phenoxy) is 2. The maximum absolute atomic E-state index is 12.6. The van der Waals surface area contributed by atoms with E-state index in [2.05, 4.69) is 20.6 Å². The number of fused-ring (bicyclic) bond motifs is 1. The Labute approximate surface area is 232 Å². The third-order valence-corrected chi connectivity index (χ3v) is 7.23. The predicted molar refractivity (Wildman–Crippen MR) is 151 cm³/mol. The van der Waals surface area contributed by atoms with Gasteiger partial charge >= 0.3 is 0 Å². The average Bonchev–Trinajstić information content (AvgIpc) is 3.64. The maximum Gasteiger partial charge on any atom is 0.251 e. The van der Waals surface area contributed by atoms with Crippen LogP contribution < -0.4 is 15.4 Å². The molecule has 2 aromatic carbocycles. The van der Waals surface area contributed by atoms with Gasteiger partial charge in [0.1, 0.15) is 11.6 Å². The molecule has 1 saturated heterocycles. The van der Waals surface area contributed by atoms with Gasteiger partial charge in [0.2, 0.25) is 5.88 Å². The minimum atomic E-state index is -0.0245. The fourth-order valence-corrected chi connectivity index (χ4v) is 4.90. The van der Waals surface area contributed by atoms with Crippen molar-refractivity contribution in [3.63, 3.8) is 0 Å². The number of aromatic nitrogens is 3. The van der Waals surface area contributed by atoms with Crippen LogP contribution in [0, 0.1) is 6.92 Å². The smallest absolute Gasteiger partial charge is 0.251 e. The van der Waals surface area contributed by atoms with Crippen molar-refractivity contribution < 1.29 is 14.3 Å². The van der Waals surface area contributed by atoms with E-state index in [0.29, 0.717) is 33.9 Å². The number of morpholine rings is 1. The number of carbonyl (C=O) groups excluding carboxylic acids is 1. The van der Waals surface area contributed by atoms with Gasteiger partial charge in [-0.1, -0.05) is 29.8 Å². The molecular weight excluding hydrogens is 516 g/mol. The lowest BCUT2D eigenvalue weighted by Gasteiger charge is -2.26. The normalized spacial score (nSPS) is 15.8. The van der Waals surface area contributed by atoms with E-state index in [4.69, 9.17) is 26.1 Å². The van der Waals surface area contributed by atoms with Crippen molar-refractivity contribution in [2.75, 3.05) is 44.7 Å². The number of anilines is 1. The Hall–Kier alpha value is -3.66. The fourth-order valence-electron chi connectivity index (χ4n) is 4.72. The first-order valence-electron chi connectivity index (χ1n) is 13.3. The quantitative estimate of drug-likeness (QED) is 0.312. The Bertz CT molecular complexity index is 1500. The van der Waals surface area contributed by atoms with Gasteiger partial charge in [-0.05, 0) is 55.2 Å². The molecule has 2 fully saturated rings. The molecule has 2 aromatic heterocycles. The number of aryl methyl sites for hydroxylation is 1. The Kier molecular flexibility index (Phi) is 7.36. The summed E-state index contributed by atoms with van der Waals surface area (Å²) in [7, 11) is 0. The Morgan fingerprint density at radius 2 is 2.00 bits per heavy atom. The lowest BCUT2D eigenvalue weighted by Crippen LogP contribution is -2.39. The third-order valence-electron chi connectivity index (χ3n) is 7.00. The standard InChI is InChI=1S/C29H31ClN6O3/c1-19-15-20(5-8-24(19)29(37)33-22-6-7-22)25-18-32-36-26(31-9-10-35-11-13-38-14-12-35)17-27(34-28(25)36)39-23-4-2-3-21(30)16-23/h2-5,8,15-18,22,31H,6-7,9-14H2,1H3,(H,33,37). The zero-order valence-corrected chi connectivity index (χ0v) is 22.6. The number of nitrogens with zero attached hydrogens (tertiary/aromatic N) is 4. The first kappa shape index (κ1) is 25.6. The van der Waals surface area contributed by atoms with Crippen molar-refractivity contribution in [3.8, 4) is 22.8 Å². The van der Waals surface area contributed by atoms with Crippen molar-refractivity contribution in [3.05, 3.63) is 70.9 Å². The third kappa shape index (κ3) is 6.00. The van der Waals surface area contributed by atoms with Gasteiger partial charge < -0.3 is 20.1 Å². The highest BCUT2D eigenvalue weighted by Gasteiger charge is 2.24. The number of amides is 1. The van der Waals surface area contributed by atoms with E-state index >= 15 is 0 Å². The molecule has 2 N–H and O–H groups in total. The van der Waals surface area contributed by atoms with Crippen molar-refractivity contribution in [2.45, 2.75) is 25.8 Å². The summed E-state index contributed by atoms with van der Waals surface area (Å²) in [6, 6.07) is 15.2. The van der Waals surface area contributed by atoms with E-state index in [1.807, 2.05) is 43.3 Å². The second kappa shape index (κ2) is 11.2. The molecule has 6 rings (SSSR count). The van der Waals surface area contributed by atoms with Crippen molar-refractivity contribution >= 4 is 29.0 Å². The van der Waals surface area contributed by atoms with Gasteiger partial charge in [0.15, 0.2) is 5.65 Å². The molecular formula is C29H31ClN6O3. The maximum atomic E-state index is 12.6. The summed E-state index contributed by atoms with van der Waals surface area (Å²) in [4.78, 5) is 19.8. The van der Waals surface area contributed by atoms with Crippen LogP contribution >= 0.6 is 11.6 Å². The van der Waals surface area contributed by atoms with Crippen LogP contribution in [0.3, 0.4) is 0 Å². The Morgan fingerprint density at radius 1 is 1.15 bits per heavy atom. The molecule has 1 saturated carbocycles. The number of hydrogen-bond donors (Lipinski definition) is 2. The predicted octanol–water partition coefficient (Wildman–Crippen LogP) is 4.79. The summed E-state index contributed by atoms with van der Waals surface area (Å²) in [5, 5.41) is 11.8. The van der Waals surface area contributed by atoms with E-state index in [9.17, 15) is 4.79 Å². The summed E-state index contributed by atoms with van der Waals surface area (Å²) in [6.45, 7) is 6.95. The second-order valence-electron chi connectivity index (χ2n) is 9.99. The molecule has 1 amide bonds. The monoisotopic (exact) mass is 546 g/mol.